The molecule has 6 nitrogen and oxygen atoms in total. The van der Waals surface area contributed by atoms with Gasteiger partial charge in [0.1, 0.15) is 5.02 Å². The van der Waals surface area contributed by atoms with Gasteiger partial charge in [-0.15, -0.1) is 0 Å². The van der Waals surface area contributed by atoms with Gasteiger partial charge >= 0.3 is 0 Å². The molecule has 1 amide bonds. The van der Waals surface area contributed by atoms with Gasteiger partial charge in [-0.25, -0.2) is 0 Å². The van der Waals surface area contributed by atoms with Gasteiger partial charge in [-0.3, -0.25) is 14.9 Å². The molecule has 0 radical (unpaired) electrons. The molecule has 0 saturated heterocycles. The van der Waals surface area contributed by atoms with Gasteiger partial charge < -0.3 is 10.2 Å². The third kappa shape index (κ3) is 4.47. The number of nitro benzene ring substituents is 1. The number of nitro groups is 1. The molecule has 110 valence electrons. The Morgan fingerprint density at radius 1 is 1.50 bits per heavy atom. The second-order valence-corrected chi connectivity index (χ2v) is 5.16. The molecule has 1 aromatic carbocycles. The van der Waals surface area contributed by atoms with Crippen molar-refractivity contribution in [1.29, 1.82) is 0 Å². The van der Waals surface area contributed by atoms with E-state index >= 15 is 0 Å². The molecule has 0 aliphatic heterocycles. The molecule has 1 aromatic rings. The molecule has 0 aromatic heterocycles. The largest absolute Gasteiger partial charge is 0.351 e. The highest BCUT2D eigenvalue weighted by molar-refractivity contribution is 6.33. The zero-order valence-corrected chi connectivity index (χ0v) is 12.5. The fourth-order valence-corrected chi connectivity index (χ4v) is 1.75. The number of amides is 1. The lowest BCUT2D eigenvalue weighted by molar-refractivity contribution is -0.384. The quantitative estimate of drug-likeness (QED) is 0.646. The molecule has 7 heteroatoms. The molecular weight excluding hydrogens is 282 g/mol. The van der Waals surface area contributed by atoms with Crippen LogP contribution in [0, 0.1) is 10.1 Å². The third-order valence-electron chi connectivity index (χ3n) is 3.04. The van der Waals surface area contributed by atoms with Gasteiger partial charge in [0.15, 0.2) is 0 Å². The summed E-state index contributed by atoms with van der Waals surface area (Å²) in [7, 11) is 1.97. The summed E-state index contributed by atoms with van der Waals surface area (Å²) < 4.78 is 0. The summed E-state index contributed by atoms with van der Waals surface area (Å²) in [6, 6.07) is 4.34. The summed E-state index contributed by atoms with van der Waals surface area (Å²) in [5.74, 6) is -0.293. The van der Waals surface area contributed by atoms with Crippen molar-refractivity contribution < 1.29 is 9.72 Å². The van der Waals surface area contributed by atoms with Crippen molar-refractivity contribution in [3.05, 3.63) is 38.9 Å². The van der Waals surface area contributed by atoms with Gasteiger partial charge in [0.25, 0.3) is 11.6 Å². The Morgan fingerprint density at radius 2 is 2.15 bits per heavy atom. The van der Waals surface area contributed by atoms with Crippen LogP contribution in [0.15, 0.2) is 18.2 Å². The average molecular weight is 300 g/mol. The van der Waals surface area contributed by atoms with E-state index in [0.29, 0.717) is 18.2 Å². The summed E-state index contributed by atoms with van der Waals surface area (Å²) >= 11 is 5.76. The highest BCUT2D eigenvalue weighted by atomic mass is 35.5. The van der Waals surface area contributed by atoms with Crippen LogP contribution >= 0.6 is 11.6 Å². The normalized spacial score (nSPS) is 10.9. The Labute approximate surface area is 122 Å². The number of carbonyl (C=O) groups is 1. The maximum atomic E-state index is 11.9. The fourth-order valence-electron chi connectivity index (χ4n) is 1.50. The van der Waals surface area contributed by atoms with Gasteiger partial charge in [-0.2, -0.15) is 0 Å². The summed E-state index contributed by atoms with van der Waals surface area (Å²) in [6.07, 6.45) is 0. The van der Waals surface area contributed by atoms with E-state index < -0.39 is 4.92 Å². The van der Waals surface area contributed by atoms with Crippen LogP contribution < -0.4 is 5.32 Å². The van der Waals surface area contributed by atoms with Gasteiger partial charge in [-0.05, 0) is 33.0 Å². The smallest absolute Gasteiger partial charge is 0.287 e. The van der Waals surface area contributed by atoms with Gasteiger partial charge in [-0.1, -0.05) is 11.6 Å². The molecular formula is C13H18ClN3O3. The number of nitrogens with one attached hydrogen (secondary N) is 1. The van der Waals surface area contributed by atoms with Gasteiger partial charge in [0, 0.05) is 30.8 Å². The highest BCUT2D eigenvalue weighted by Gasteiger charge is 2.15. The third-order valence-corrected chi connectivity index (χ3v) is 3.34. The number of halogens is 1. The van der Waals surface area contributed by atoms with Crippen molar-refractivity contribution in [3.8, 4) is 0 Å². The maximum absolute atomic E-state index is 11.9. The Kier molecular flexibility index (Phi) is 5.91. The van der Waals surface area contributed by atoms with Crippen LogP contribution in [0.1, 0.15) is 24.2 Å². The molecule has 20 heavy (non-hydrogen) atoms. The Morgan fingerprint density at radius 3 is 2.65 bits per heavy atom. The second-order valence-electron chi connectivity index (χ2n) is 4.75. The molecule has 0 aliphatic rings. The topological polar surface area (TPSA) is 75.5 Å². The summed E-state index contributed by atoms with van der Waals surface area (Å²) in [5, 5.41) is 13.3. The van der Waals surface area contributed by atoms with Crippen LogP contribution in [0.4, 0.5) is 5.69 Å². The molecule has 0 atom stereocenters. The summed E-state index contributed by atoms with van der Waals surface area (Å²) in [6.45, 7) is 5.36. The first-order valence-corrected chi connectivity index (χ1v) is 6.63. The minimum Gasteiger partial charge on any atom is -0.351 e. The first-order chi connectivity index (χ1) is 9.32. The number of nitrogens with zero attached hydrogens (tertiary/aromatic N) is 2. The first-order valence-electron chi connectivity index (χ1n) is 6.25. The van der Waals surface area contributed by atoms with Crippen LogP contribution in [0.5, 0.6) is 0 Å². The average Bonchev–Trinajstić information content (AvgIpc) is 2.37. The Hall–Kier alpha value is -1.66. The number of benzene rings is 1. The molecule has 0 heterocycles. The Balaban J connectivity index is 2.60. The van der Waals surface area contributed by atoms with E-state index in [9.17, 15) is 14.9 Å². The van der Waals surface area contributed by atoms with Crippen molar-refractivity contribution >= 4 is 23.2 Å². The second kappa shape index (κ2) is 7.21. The maximum Gasteiger partial charge on any atom is 0.287 e. The highest BCUT2D eigenvalue weighted by Crippen LogP contribution is 2.24. The fraction of sp³-hybridized carbons (Fsp3) is 0.462. The molecule has 0 unspecified atom stereocenters. The van der Waals surface area contributed by atoms with E-state index in [-0.39, 0.29) is 16.6 Å². The van der Waals surface area contributed by atoms with Crippen LogP contribution in [-0.4, -0.2) is 41.9 Å². The van der Waals surface area contributed by atoms with Crippen LogP contribution in [0.25, 0.3) is 0 Å². The summed E-state index contributed by atoms with van der Waals surface area (Å²) in [4.78, 5) is 24.0. The van der Waals surface area contributed by atoms with Crippen LogP contribution in [-0.2, 0) is 0 Å². The lowest BCUT2D eigenvalue weighted by atomic mass is 10.2. The minimum absolute atomic E-state index is 0.0399. The molecule has 0 saturated carbocycles. The molecule has 0 aliphatic carbocycles. The van der Waals surface area contributed by atoms with Crippen molar-refractivity contribution in [2.75, 3.05) is 20.1 Å². The van der Waals surface area contributed by atoms with E-state index in [1.165, 1.54) is 18.2 Å². The van der Waals surface area contributed by atoms with E-state index in [4.69, 9.17) is 11.6 Å². The van der Waals surface area contributed by atoms with Crippen molar-refractivity contribution in [2.24, 2.45) is 0 Å². The van der Waals surface area contributed by atoms with Crippen LogP contribution in [0.3, 0.4) is 0 Å². The number of rotatable bonds is 6. The summed E-state index contributed by atoms with van der Waals surface area (Å²) in [5.41, 5.74) is 0.107. The zero-order valence-electron chi connectivity index (χ0n) is 11.7. The van der Waals surface area contributed by atoms with Gasteiger partial charge in [0.05, 0.1) is 4.92 Å². The zero-order chi connectivity index (χ0) is 15.3. The predicted molar refractivity (Wildman–Crippen MR) is 78.2 cm³/mol. The number of hydrogen-bond acceptors (Lipinski definition) is 4. The molecule has 0 fully saturated rings. The van der Waals surface area contributed by atoms with Gasteiger partial charge in [0.2, 0.25) is 0 Å². The van der Waals surface area contributed by atoms with Crippen molar-refractivity contribution in [2.45, 2.75) is 19.9 Å². The SMILES string of the molecule is CC(C)N(C)CCNC(=O)c1ccc([N+](=O)[O-])c(Cl)c1. The van der Waals surface area contributed by atoms with Crippen LogP contribution in [0.2, 0.25) is 5.02 Å². The minimum atomic E-state index is -0.582. The first kappa shape index (κ1) is 16.4. The monoisotopic (exact) mass is 299 g/mol. The van der Waals surface area contributed by atoms with Crippen molar-refractivity contribution in [3.63, 3.8) is 0 Å². The number of carbonyl (C=O) groups excluding carboxylic acids is 1. The predicted octanol–water partition coefficient (Wildman–Crippen LogP) is 2.32. The number of likely N-dealkylation sites (N-methyl/N-ethyl adjacent to an activating group) is 1. The molecule has 1 N–H and O–H groups in total. The van der Waals surface area contributed by atoms with E-state index in [0.717, 1.165) is 6.54 Å². The van der Waals surface area contributed by atoms with Crippen molar-refractivity contribution in [1.82, 2.24) is 10.2 Å². The number of hydrogen-bond donors (Lipinski definition) is 1. The molecule has 0 bridgehead atoms. The lowest BCUT2D eigenvalue weighted by Gasteiger charge is -2.20. The Bertz CT molecular complexity index is 506. The van der Waals surface area contributed by atoms with E-state index in [1.807, 2.05) is 7.05 Å². The lowest BCUT2D eigenvalue weighted by Crippen LogP contribution is -2.36. The standard InChI is InChI=1S/C13H18ClN3O3/c1-9(2)16(3)7-6-15-13(18)10-4-5-12(17(19)20)11(14)8-10/h4-5,8-9H,6-7H2,1-3H3,(H,15,18). The molecule has 0 spiro atoms. The van der Waals surface area contributed by atoms with E-state index in [1.54, 1.807) is 0 Å². The molecule has 1 rings (SSSR count). The van der Waals surface area contributed by atoms with E-state index in [2.05, 4.69) is 24.1 Å².